The highest BCUT2D eigenvalue weighted by Gasteiger charge is 2.30. The average molecular weight is 477 g/mol. The van der Waals surface area contributed by atoms with Crippen molar-refractivity contribution in [2.24, 2.45) is 0 Å². The molecule has 1 aliphatic rings. The molecular formula is C27H23F3N4O. The molecule has 0 amide bonds. The number of nitrogens with zero attached hydrogens (tertiary/aromatic N) is 4. The van der Waals surface area contributed by atoms with E-state index in [0.29, 0.717) is 28.4 Å². The maximum absolute atomic E-state index is 12.9. The SMILES string of the molecule is N#Cc1c(C2CCCCC2)nn2cc(-c3ccc(OCc4cccc(C(F)(F)F)c4)cc3)cnc12. The van der Waals surface area contributed by atoms with Gasteiger partial charge >= 0.3 is 6.18 Å². The summed E-state index contributed by atoms with van der Waals surface area (Å²) in [7, 11) is 0. The zero-order valence-electron chi connectivity index (χ0n) is 18.9. The van der Waals surface area contributed by atoms with Gasteiger partial charge in [0.05, 0.1) is 11.3 Å². The van der Waals surface area contributed by atoms with Crippen LogP contribution in [-0.4, -0.2) is 14.6 Å². The van der Waals surface area contributed by atoms with Crippen molar-refractivity contribution in [3.63, 3.8) is 0 Å². The van der Waals surface area contributed by atoms with Crippen molar-refractivity contribution < 1.29 is 17.9 Å². The van der Waals surface area contributed by atoms with Crippen LogP contribution in [0, 0.1) is 11.3 Å². The Morgan fingerprint density at radius 2 is 1.80 bits per heavy atom. The highest BCUT2D eigenvalue weighted by molar-refractivity contribution is 5.66. The fourth-order valence-corrected chi connectivity index (χ4v) is 4.62. The van der Waals surface area contributed by atoms with Crippen LogP contribution < -0.4 is 4.74 Å². The minimum Gasteiger partial charge on any atom is -0.489 e. The van der Waals surface area contributed by atoms with Gasteiger partial charge in [-0.1, -0.05) is 43.5 Å². The second kappa shape index (κ2) is 9.41. The summed E-state index contributed by atoms with van der Waals surface area (Å²) < 4.78 is 46.1. The molecule has 178 valence electrons. The molecule has 2 aromatic carbocycles. The van der Waals surface area contributed by atoms with Crippen LogP contribution >= 0.6 is 0 Å². The molecule has 5 nitrogen and oxygen atoms in total. The number of alkyl halides is 3. The van der Waals surface area contributed by atoms with E-state index < -0.39 is 11.7 Å². The Morgan fingerprint density at radius 3 is 2.51 bits per heavy atom. The van der Waals surface area contributed by atoms with Crippen molar-refractivity contribution in [3.05, 3.63) is 83.3 Å². The molecule has 2 aromatic heterocycles. The Kier molecular flexibility index (Phi) is 6.16. The van der Waals surface area contributed by atoms with E-state index in [2.05, 4.69) is 11.1 Å². The second-order valence-electron chi connectivity index (χ2n) is 8.83. The van der Waals surface area contributed by atoms with Gasteiger partial charge in [0, 0.05) is 23.9 Å². The van der Waals surface area contributed by atoms with Gasteiger partial charge in [0.1, 0.15) is 24.0 Å². The zero-order valence-corrected chi connectivity index (χ0v) is 18.9. The summed E-state index contributed by atoms with van der Waals surface area (Å²) in [5.41, 5.74) is 3.44. The lowest BCUT2D eigenvalue weighted by atomic mass is 9.86. The maximum Gasteiger partial charge on any atom is 0.416 e. The molecule has 1 fully saturated rings. The average Bonchev–Trinajstić information content (AvgIpc) is 3.26. The van der Waals surface area contributed by atoms with Crippen LogP contribution in [-0.2, 0) is 12.8 Å². The van der Waals surface area contributed by atoms with E-state index >= 15 is 0 Å². The van der Waals surface area contributed by atoms with Gasteiger partial charge in [-0.3, -0.25) is 0 Å². The Morgan fingerprint density at radius 1 is 1.03 bits per heavy atom. The lowest BCUT2D eigenvalue weighted by molar-refractivity contribution is -0.137. The van der Waals surface area contributed by atoms with E-state index in [1.807, 2.05) is 18.3 Å². The highest BCUT2D eigenvalue weighted by atomic mass is 19.4. The van der Waals surface area contributed by atoms with E-state index in [9.17, 15) is 18.4 Å². The van der Waals surface area contributed by atoms with Crippen LogP contribution in [0.25, 0.3) is 16.8 Å². The molecule has 0 unspecified atom stereocenters. The predicted molar refractivity (Wildman–Crippen MR) is 125 cm³/mol. The third-order valence-corrected chi connectivity index (χ3v) is 6.45. The molecule has 5 rings (SSSR count). The van der Waals surface area contributed by atoms with Crippen molar-refractivity contribution >= 4 is 5.65 Å². The van der Waals surface area contributed by atoms with Crippen molar-refractivity contribution in [1.82, 2.24) is 14.6 Å². The first-order valence-corrected chi connectivity index (χ1v) is 11.6. The first-order valence-electron chi connectivity index (χ1n) is 11.6. The maximum atomic E-state index is 12.9. The van der Waals surface area contributed by atoms with Crippen molar-refractivity contribution in [1.29, 1.82) is 5.26 Å². The molecule has 4 aromatic rings. The fraction of sp³-hybridized carbons (Fsp3) is 0.296. The number of nitriles is 1. The first-order chi connectivity index (χ1) is 16.9. The Hall–Kier alpha value is -3.86. The van der Waals surface area contributed by atoms with Gasteiger partial charge in [-0.2, -0.15) is 23.5 Å². The molecule has 1 aliphatic carbocycles. The molecule has 35 heavy (non-hydrogen) atoms. The summed E-state index contributed by atoms with van der Waals surface area (Å²) in [6.07, 6.45) is 4.85. The summed E-state index contributed by atoms with van der Waals surface area (Å²) in [5, 5.41) is 14.5. The molecule has 0 radical (unpaired) electrons. The number of hydrogen-bond acceptors (Lipinski definition) is 4. The smallest absolute Gasteiger partial charge is 0.416 e. The standard InChI is InChI=1S/C27H23F3N4O/c28-27(29,30)22-8-4-5-18(13-22)17-35-23-11-9-19(10-12-23)21-15-32-26-24(14-31)25(33-34(26)16-21)20-6-2-1-3-7-20/h4-5,8-13,15-16,20H,1-3,6-7,17H2. The number of hydrogen-bond donors (Lipinski definition) is 0. The summed E-state index contributed by atoms with van der Waals surface area (Å²) in [4.78, 5) is 4.53. The van der Waals surface area contributed by atoms with Crippen molar-refractivity contribution in [3.8, 4) is 22.9 Å². The second-order valence-corrected chi connectivity index (χ2v) is 8.83. The van der Waals surface area contributed by atoms with Crippen LogP contribution in [0.4, 0.5) is 13.2 Å². The lowest BCUT2D eigenvalue weighted by Crippen LogP contribution is -2.06. The number of rotatable bonds is 5. The van der Waals surface area contributed by atoms with Gasteiger partial charge in [-0.25, -0.2) is 9.50 Å². The Balaban J connectivity index is 1.33. The van der Waals surface area contributed by atoms with Gasteiger partial charge < -0.3 is 4.74 Å². The predicted octanol–water partition coefficient (Wildman–Crippen LogP) is 6.91. The summed E-state index contributed by atoms with van der Waals surface area (Å²) in [6, 6.07) is 14.7. The molecule has 0 bridgehead atoms. The largest absolute Gasteiger partial charge is 0.489 e. The van der Waals surface area contributed by atoms with Crippen LogP contribution in [0.2, 0.25) is 0 Å². The van der Waals surface area contributed by atoms with Crippen molar-refractivity contribution in [2.75, 3.05) is 0 Å². The minimum atomic E-state index is -4.38. The third-order valence-electron chi connectivity index (χ3n) is 6.45. The summed E-state index contributed by atoms with van der Waals surface area (Å²) in [6.45, 7) is 0.0327. The molecule has 2 heterocycles. The highest BCUT2D eigenvalue weighted by Crippen LogP contribution is 2.35. The van der Waals surface area contributed by atoms with E-state index in [1.54, 1.807) is 28.9 Å². The fourth-order valence-electron chi connectivity index (χ4n) is 4.62. The van der Waals surface area contributed by atoms with E-state index in [1.165, 1.54) is 12.5 Å². The minimum absolute atomic E-state index is 0.0327. The van der Waals surface area contributed by atoms with Crippen LogP contribution in [0.1, 0.15) is 60.4 Å². The normalized spacial score (nSPS) is 14.7. The Labute approximate surface area is 200 Å². The molecular weight excluding hydrogens is 453 g/mol. The molecule has 1 saturated carbocycles. The molecule has 0 atom stereocenters. The van der Waals surface area contributed by atoms with Gasteiger partial charge in [0.25, 0.3) is 0 Å². The van der Waals surface area contributed by atoms with Crippen LogP contribution in [0.3, 0.4) is 0 Å². The Bertz CT molecular complexity index is 1380. The monoisotopic (exact) mass is 476 g/mol. The van der Waals surface area contributed by atoms with E-state index in [4.69, 9.17) is 9.84 Å². The molecule has 0 saturated heterocycles. The number of aromatic nitrogens is 3. The molecule has 0 N–H and O–H groups in total. The van der Waals surface area contributed by atoms with Gasteiger partial charge in [0.2, 0.25) is 0 Å². The van der Waals surface area contributed by atoms with Crippen LogP contribution in [0.15, 0.2) is 60.9 Å². The number of fused-ring (bicyclic) bond motifs is 1. The number of halogens is 3. The zero-order chi connectivity index (χ0) is 24.4. The number of benzene rings is 2. The lowest BCUT2D eigenvalue weighted by Gasteiger charge is -2.19. The topological polar surface area (TPSA) is 63.2 Å². The van der Waals surface area contributed by atoms with Gasteiger partial charge in [-0.05, 0) is 48.2 Å². The van der Waals surface area contributed by atoms with E-state index in [0.717, 1.165) is 54.6 Å². The number of ether oxygens (including phenoxy) is 1. The first kappa shape index (κ1) is 22.9. The van der Waals surface area contributed by atoms with E-state index in [-0.39, 0.29) is 6.61 Å². The van der Waals surface area contributed by atoms with Crippen LogP contribution in [0.5, 0.6) is 5.75 Å². The molecule has 0 aliphatic heterocycles. The third kappa shape index (κ3) is 4.85. The molecule has 8 heteroatoms. The van der Waals surface area contributed by atoms with Gasteiger partial charge in [0.15, 0.2) is 5.65 Å². The van der Waals surface area contributed by atoms with Gasteiger partial charge in [-0.15, -0.1) is 0 Å². The molecule has 0 spiro atoms. The quantitative estimate of drug-likeness (QED) is 0.314. The summed E-state index contributed by atoms with van der Waals surface area (Å²) >= 11 is 0. The summed E-state index contributed by atoms with van der Waals surface area (Å²) in [5.74, 6) is 0.849. The van der Waals surface area contributed by atoms with Crippen molar-refractivity contribution in [2.45, 2.75) is 50.8 Å².